The molecule has 0 aromatic rings. The molecule has 90 valence electrons. The molecule has 1 saturated heterocycles. The van der Waals surface area contributed by atoms with Crippen molar-refractivity contribution in [3.8, 4) is 0 Å². The molecule has 0 aromatic heterocycles. The predicted molar refractivity (Wildman–Crippen MR) is 62.3 cm³/mol. The van der Waals surface area contributed by atoms with E-state index in [-0.39, 0.29) is 22.6 Å². The molecule has 0 aliphatic carbocycles. The van der Waals surface area contributed by atoms with E-state index in [0.717, 1.165) is 0 Å². The lowest BCUT2D eigenvalue weighted by Crippen LogP contribution is -2.69. The number of nitrogens with zero attached hydrogens (tertiary/aromatic N) is 2. The van der Waals surface area contributed by atoms with Gasteiger partial charge in [-0.2, -0.15) is 0 Å². The molecule has 5 heteroatoms. The molecule has 1 aliphatic rings. The molecule has 0 spiro atoms. The number of hydrazine groups is 1. The third kappa shape index (κ3) is 2.52. The van der Waals surface area contributed by atoms with E-state index >= 15 is 0 Å². The molecular weight excluding hydrogens is 212 g/mol. The van der Waals surface area contributed by atoms with Crippen molar-refractivity contribution in [3.63, 3.8) is 0 Å². The lowest BCUT2D eigenvalue weighted by molar-refractivity contribution is -0.122. The fourth-order valence-corrected chi connectivity index (χ4v) is 5.65. The highest BCUT2D eigenvalue weighted by Crippen LogP contribution is 2.33. The van der Waals surface area contributed by atoms with Crippen LogP contribution in [-0.2, 0) is 9.84 Å². The fourth-order valence-electron chi connectivity index (χ4n) is 3.15. The third-order valence-corrected chi connectivity index (χ3v) is 4.99. The van der Waals surface area contributed by atoms with Crippen molar-refractivity contribution in [3.05, 3.63) is 0 Å². The quantitative estimate of drug-likeness (QED) is 0.671. The van der Waals surface area contributed by atoms with Crippen molar-refractivity contribution in [2.24, 2.45) is 0 Å². The van der Waals surface area contributed by atoms with Gasteiger partial charge in [-0.3, -0.25) is 0 Å². The first kappa shape index (κ1) is 12.9. The second-order valence-corrected chi connectivity index (χ2v) is 7.88. The van der Waals surface area contributed by atoms with E-state index in [1.54, 1.807) is 0 Å². The zero-order valence-corrected chi connectivity index (χ0v) is 11.3. The number of rotatable bonds is 1. The highest BCUT2D eigenvalue weighted by atomic mass is 32.2. The molecule has 1 fully saturated rings. The highest BCUT2D eigenvalue weighted by molar-refractivity contribution is 7.91. The smallest absolute Gasteiger partial charge is 0.154 e. The highest BCUT2D eigenvalue weighted by Gasteiger charge is 2.48. The zero-order valence-electron chi connectivity index (χ0n) is 10.5. The molecule has 0 aromatic carbocycles. The van der Waals surface area contributed by atoms with E-state index in [4.69, 9.17) is 0 Å². The normalized spacial score (nSPS) is 29.3. The van der Waals surface area contributed by atoms with Crippen LogP contribution >= 0.6 is 0 Å². The van der Waals surface area contributed by atoms with Crippen molar-refractivity contribution in [2.45, 2.75) is 38.8 Å². The second kappa shape index (κ2) is 3.43. The molecule has 0 amide bonds. The Morgan fingerprint density at radius 3 is 1.60 bits per heavy atom. The Kier molecular flexibility index (Phi) is 2.96. The van der Waals surface area contributed by atoms with Gasteiger partial charge in [-0.15, -0.1) is 0 Å². The second-order valence-electron chi connectivity index (χ2n) is 5.82. The van der Waals surface area contributed by atoms with E-state index < -0.39 is 9.84 Å². The number of hydrogen-bond donors (Lipinski definition) is 0. The molecule has 1 heterocycles. The summed E-state index contributed by atoms with van der Waals surface area (Å²) in [6.07, 6.45) is 0. The van der Waals surface area contributed by atoms with Crippen molar-refractivity contribution in [2.75, 3.05) is 25.6 Å². The van der Waals surface area contributed by atoms with Crippen LogP contribution in [0.15, 0.2) is 0 Å². The minimum Gasteiger partial charge on any atom is -0.247 e. The Morgan fingerprint density at radius 1 is 1.00 bits per heavy atom. The first-order valence-corrected chi connectivity index (χ1v) is 6.98. The van der Waals surface area contributed by atoms with Crippen LogP contribution in [0, 0.1) is 0 Å². The van der Waals surface area contributed by atoms with E-state index in [1.807, 2.05) is 46.8 Å². The van der Waals surface area contributed by atoms with Gasteiger partial charge < -0.3 is 0 Å². The average molecular weight is 234 g/mol. The first-order chi connectivity index (χ1) is 6.48. The van der Waals surface area contributed by atoms with Crippen LogP contribution in [0.3, 0.4) is 0 Å². The maximum Gasteiger partial charge on any atom is 0.154 e. The maximum absolute atomic E-state index is 11.8. The Morgan fingerprint density at radius 2 is 1.33 bits per heavy atom. The molecular formula is C10H22N2O2S. The van der Waals surface area contributed by atoms with Crippen LogP contribution in [0.2, 0.25) is 0 Å². The van der Waals surface area contributed by atoms with Crippen LogP contribution < -0.4 is 0 Å². The van der Waals surface area contributed by atoms with Crippen molar-refractivity contribution >= 4 is 9.84 Å². The standard InChI is InChI=1S/C10H22N2O2S/c1-9(2)7-15(13,14)8-10(3,4)12(9)11(5)6/h7-8H2,1-6H3. The summed E-state index contributed by atoms with van der Waals surface area (Å²) in [5, 5.41) is 4.15. The fraction of sp³-hybridized carbons (Fsp3) is 1.00. The van der Waals surface area contributed by atoms with Gasteiger partial charge in [-0.05, 0) is 27.7 Å². The van der Waals surface area contributed by atoms with Gasteiger partial charge in [0.2, 0.25) is 0 Å². The van der Waals surface area contributed by atoms with Crippen molar-refractivity contribution < 1.29 is 8.42 Å². The molecule has 15 heavy (non-hydrogen) atoms. The summed E-state index contributed by atoms with van der Waals surface area (Å²) in [5.41, 5.74) is -0.686. The van der Waals surface area contributed by atoms with Gasteiger partial charge in [0.25, 0.3) is 0 Å². The zero-order chi connectivity index (χ0) is 12.1. The summed E-state index contributed by atoms with van der Waals surface area (Å²) in [7, 11) is 0.987. The van der Waals surface area contributed by atoms with Gasteiger partial charge in [0.1, 0.15) is 0 Å². The van der Waals surface area contributed by atoms with Crippen LogP contribution in [0.5, 0.6) is 0 Å². The predicted octanol–water partition coefficient (Wildman–Crippen LogP) is 0.751. The van der Waals surface area contributed by atoms with Crippen molar-refractivity contribution in [1.29, 1.82) is 0 Å². The summed E-state index contributed by atoms with van der Waals surface area (Å²) in [5.74, 6) is 0.448. The minimum atomic E-state index is -2.93. The molecule has 4 nitrogen and oxygen atoms in total. The summed E-state index contributed by atoms with van der Waals surface area (Å²) in [4.78, 5) is 0. The molecule has 0 radical (unpaired) electrons. The van der Waals surface area contributed by atoms with Crippen molar-refractivity contribution in [1.82, 2.24) is 10.0 Å². The molecule has 0 N–H and O–H groups in total. The average Bonchev–Trinajstić information content (AvgIpc) is 1.71. The Hall–Kier alpha value is -0.130. The van der Waals surface area contributed by atoms with Gasteiger partial charge >= 0.3 is 0 Å². The molecule has 1 aliphatic heterocycles. The molecule has 0 saturated carbocycles. The Bertz CT molecular complexity index is 320. The topological polar surface area (TPSA) is 40.6 Å². The first-order valence-electron chi connectivity index (χ1n) is 5.16. The largest absolute Gasteiger partial charge is 0.247 e. The molecule has 0 bridgehead atoms. The van der Waals surface area contributed by atoms with Crippen LogP contribution in [0.1, 0.15) is 27.7 Å². The van der Waals surface area contributed by atoms with Gasteiger partial charge in [-0.1, -0.05) is 0 Å². The molecule has 1 rings (SSSR count). The Labute approximate surface area is 93.1 Å². The van der Waals surface area contributed by atoms with E-state index in [1.165, 1.54) is 0 Å². The van der Waals surface area contributed by atoms with E-state index in [9.17, 15) is 8.42 Å². The maximum atomic E-state index is 11.8. The van der Waals surface area contributed by atoms with E-state index in [0.29, 0.717) is 0 Å². The lowest BCUT2D eigenvalue weighted by Gasteiger charge is -2.54. The van der Waals surface area contributed by atoms with Crippen LogP contribution in [0.25, 0.3) is 0 Å². The van der Waals surface area contributed by atoms with Gasteiger partial charge in [0.05, 0.1) is 11.5 Å². The van der Waals surface area contributed by atoms with E-state index in [2.05, 4.69) is 5.01 Å². The summed E-state index contributed by atoms with van der Waals surface area (Å²) < 4.78 is 23.6. The minimum absolute atomic E-state index is 0.224. The van der Waals surface area contributed by atoms with Gasteiger partial charge in [0, 0.05) is 25.2 Å². The lowest BCUT2D eigenvalue weighted by atomic mass is 9.98. The number of hydrogen-bond acceptors (Lipinski definition) is 4. The van der Waals surface area contributed by atoms with Gasteiger partial charge in [-0.25, -0.2) is 18.4 Å². The summed E-state index contributed by atoms with van der Waals surface area (Å²) in [6.45, 7) is 7.91. The van der Waals surface area contributed by atoms with Crippen LogP contribution in [-0.4, -0.2) is 55.1 Å². The Balaban J connectivity index is 3.18. The summed E-state index contributed by atoms with van der Waals surface area (Å²) in [6, 6.07) is 0. The summed E-state index contributed by atoms with van der Waals surface area (Å²) >= 11 is 0. The molecule has 0 unspecified atom stereocenters. The third-order valence-electron chi connectivity index (χ3n) is 2.69. The van der Waals surface area contributed by atoms with Crippen LogP contribution in [0.4, 0.5) is 0 Å². The SMILES string of the molecule is CN(C)N1C(C)(C)CS(=O)(=O)CC1(C)C. The molecule has 0 atom stereocenters. The monoisotopic (exact) mass is 234 g/mol. The number of sulfone groups is 1. The van der Waals surface area contributed by atoms with Gasteiger partial charge in [0.15, 0.2) is 9.84 Å².